The van der Waals surface area contributed by atoms with Crippen LogP contribution < -0.4 is 5.32 Å². The predicted molar refractivity (Wildman–Crippen MR) is 115 cm³/mol. The van der Waals surface area contributed by atoms with Crippen LogP contribution >= 0.6 is 0 Å². The molecule has 0 saturated carbocycles. The number of hydrogen-bond acceptors (Lipinski definition) is 6. The van der Waals surface area contributed by atoms with Crippen molar-refractivity contribution in [2.45, 2.75) is 25.7 Å². The van der Waals surface area contributed by atoms with Crippen molar-refractivity contribution < 1.29 is 27.5 Å². The number of morpholine rings is 1. The molecule has 2 aliphatic heterocycles. The summed E-state index contributed by atoms with van der Waals surface area (Å²) in [5.41, 5.74) is 4.63. The molecule has 34 heavy (non-hydrogen) atoms. The SMILES string of the molecule is Cc1n[nH]c2cc(Nc3cccc4c3C(=O)N(CC(=O)N3CCO[C@@H](C(F)(F)F)C3)C4)cnc12. The molecule has 9 nitrogen and oxygen atoms in total. The van der Waals surface area contributed by atoms with Crippen molar-refractivity contribution in [3.63, 3.8) is 0 Å². The Morgan fingerprint density at radius 3 is 2.97 bits per heavy atom. The van der Waals surface area contributed by atoms with E-state index in [2.05, 4.69) is 20.5 Å². The zero-order chi connectivity index (χ0) is 24.0. The summed E-state index contributed by atoms with van der Waals surface area (Å²) in [5.74, 6) is -0.906. The van der Waals surface area contributed by atoms with E-state index in [1.54, 1.807) is 24.4 Å². The summed E-state index contributed by atoms with van der Waals surface area (Å²) in [6, 6.07) is 7.16. The second kappa shape index (κ2) is 8.28. The number of nitrogens with one attached hydrogen (secondary N) is 2. The Kier molecular flexibility index (Phi) is 5.39. The lowest BCUT2D eigenvalue weighted by Crippen LogP contribution is -2.53. The number of hydrogen-bond donors (Lipinski definition) is 2. The number of ether oxygens (including phenoxy) is 1. The first kappa shape index (κ1) is 22.1. The van der Waals surface area contributed by atoms with Crippen LogP contribution in [0.1, 0.15) is 21.6 Å². The number of pyridine rings is 1. The molecule has 0 spiro atoms. The van der Waals surface area contributed by atoms with Crippen LogP contribution in [0.25, 0.3) is 11.0 Å². The number of anilines is 2. The number of carbonyl (C=O) groups excluding carboxylic acids is 2. The van der Waals surface area contributed by atoms with Gasteiger partial charge in [-0.05, 0) is 24.6 Å². The Bertz CT molecular complexity index is 1270. The van der Waals surface area contributed by atoms with Gasteiger partial charge in [0.25, 0.3) is 5.91 Å². The summed E-state index contributed by atoms with van der Waals surface area (Å²) < 4.78 is 43.7. The number of alkyl halides is 3. The van der Waals surface area contributed by atoms with Gasteiger partial charge >= 0.3 is 6.18 Å². The predicted octanol–water partition coefficient (Wildman–Crippen LogP) is 2.76. The molecule has 4 heterocycles. The van der Waals surface area contributed by atoms with Gasteiger partial charge < -0.3 is 19.9 Å². The van der Waals surface area contributed by atoms with Crippen molar-refractivity contribution in [2.75, 3.05) is 31.6 Å². The maximum Gasteiger partial charge on any atom is 0.416 e. The van der Waals surface area contributed by atoms with Crippen LogP contribution in [0.5, 0.6) is 0 Å². The third-order valence-electron chi connectivity index (χ3n) is 5.98. The van der Waals surface area contributed by atoms with Crippen molar-refractivity contribution in [1.29, 1.82) is 0 Å². The van der Waals surface area contributed by atoms with Gasteiger partial charge in [0.1, 0.15) is 12.1 Å². The second-order valence-corrected chi connectivity index (χ2v) is 8.30. The van der Waals surface area contributed by atoms with Crippen LogP contribution in [0, 0.1) is 6.92 Å². The van der Waals surface area contributed by atoms with E-state index in [9.17, 15) is 22.8 Å². The molecule has 1 fully saturated rings. The Morgan fingerprint density at radius 2 is 2.18 bits per heavy atom. The molecule has 2 aromatic heterocycles. The van der Waals surface area contributed by atoms with E-state index in [-0.39, 0.29) is 32.1 Å². The number of aromatic nitrogens is 3. The average Bonchev–Trinajstić information content (AvgIpc) is 3.33. The van der Waals surface area contributed by atoms with Gasteiger partial charge in [-0.2, -0.15) is 18.3 Å². The number of benzene rings is 1. The fourth-order valence-corrected chi connectivity index (χ4v) is 4.25. The van der Waals surface area contributed by atoms with Crippen molar-refractivity contribution in [3.8, 4) is 0 Å². The zero-order valence-electron chi connectivity index (χ0n) is 18.1. The molecule has 0 radical (unpaired) electrons. The average molecular weight is 474 g/mol. The topological polar surface area (TPSA) is 103 Å². The molecule has 5 rings (SSSR count). The van der Waals surface area contributed by atoms with Gasteiger partial charge in [0.05, 0.1) is 47.5 Å². The highest BCUT2D eigenvalue weighted by Gasteiger charge is 2.44. The largest absolute Gasteiger partial charge is 0.416 e. The molecular weight excluding hydrogens is 453 g/mol. The first-order valence-electron chi connectivity index (χ1n) is 10.7. The van der Waals surface area contributed by atoms with E-state index in [1.165, 1.54) is 4.90 Å². The van der Waals surface area contributed by atoms with Gasteiger partial charge in [-0.3, -0.25) is 19.7 Å². The summed E-state index contributed by atoms with van der Waals surface area (Å²) in [6.45, 7) is 1.00. The van der Waals surface area contributed by atoms with Crippen LogP contribution in [-0.2, 0) is 16.1 Å². The van der Waals surface area contributed by atoms with Gasteiger partial charge in [-0.1, -0.05) is 12.1 Å². The van der Waals surface area contributed by atoms with Gasteiger partial charge in [0.15, 0.2) is 6.10 Å². The van der Waals surface area contributed by atoms with Crippen LogP contribution in [0.3, 0.4) is 0 Å². The molecule has 2 N–H and O–H groups in total. The molecular formula is C22H21F3N6O3. The smallest absolute Gasteiger partial charge is 0.365 e. The molecule has 178 valence electrons. The van der Waals surface area contributed by atoms with Crippen molar-refractivity contribution >= 4 is 34.2 Å². The van der Waals surface area contributed by atoms with Crippen molar-refractivity contribution in [2.24, 2.45) is 0 Å². The lowest BCUT2D eigenvalue weighted by atomic mass is 10.1. The van der Waals surface area contributed by atoms with Gasteiger partial charge in [-0.15, -0.1) is 0 Å². The van der Waals surface area contributed by atoms with Crippen LogP contribution in [-0.4, -0.2) is 75.3 Å². The van der Waals surface area contributed by atoms with E-state index in [1.807, 2.05) is 13.0 Å². The Hall–Kier alpha value is -3.67. The van der Waals surface area contributed by atoms with Gasteiger partial charge in [0.2, 0.25) is 5.91 Å². The lowest BCUT2D eigenvalue weighted by molar-refractivity contribution is -0.236. The summed E-state index contributed by atoms with van der Waals surface area (Å²) in [4.78, 5) is 32.7. The van der Waals surface area contributed by atoms with E-state index in [0.29, 0.717) is 16.9 Å². The van der Waals surface area contributed by atoms with Crippen LogP contribution in [0.2, 0.25) is 0 Å². The fraction of sp³-hybridized carbons (Fsp3) is 0.364. The zero-order valence-corrected chi connectivity index (χ0v) is 18.1. The lowest BCUT2D eigenvalue weighted by Gasteiger charge is -2.34. The van der Waals surface area contributed by atoms with E-state index in [0.717, 1.165) is 27.2 Å². The second-order valence-electron chi connectivity index (χ2n) is 8.30. The van der Waals surface area contributed by atoms with Crippen LogP contribution in [0.15, 0.2) is 30.5 Å². The summed E-state index contributed by atoms with van der Waals surface area (Å²) in [6.07, 6.45) is -4.93. The molecule has 1 aromatic carbocycles. The number of H-pyrrole nitrogens is 1. The first-order chi connectivity index (χ1) is 16.2. The molecule has 1 atom stereocenters. The Labute approximate surface area is 191 Å². The minimum absolute atomic E-state index is 0.0513. The Morgan fingerprint density at radius 1 is 1.35 bits per heavy atom. The van der Waals surface area contributed by atoms with Crippen molar-refractivity contribution in [3.05, 3.63) is 47.3 Å². The Balaban J connectivity index is 1.31. The van der Waals surface area contributed by atoms with E-state index < -0.39 is 24.7 Å². The van der Waals surface area contributed by atoms with E-state index in [4.69, 9.17) is 4.74 Å². The molecule has 0 aliphatic carbocycles. The number of fused-ring (bicyclic) bond motifs is 2. The maximum absolute atomic E-state index is 13.1. The normalized spacial score (nSPS) is 18.5. The number of carbonyl (C=O) groups is 2. The number of amides is 2. The van der Waals surface area contributed by atoms with Crippen molar-refractivity contribution in [1.82, 2.24) is 25.0 Å². The number of halogens is 3. The van der Waals surface area contributed by atoms with Crippen LogP contribution in [0.4, 0.5) is 24.5 Å². The number of nitrogens with zero attached hydrogens (tertiary/aromatic N) is 4. The van der Waals surface area contributed by atoms with Gasteiger partial charge in [0, 0.05) is 13.1 Å². The minimum Gasteiger partial charge on any atom is -0.365 e. The third-order valence-corrected chi connectivity index (χ3v) is 5.98. The monoisotopic (exact) mass is 474 g/mol. The van der Waals surface area contributed by atoms with Gasteiger partial charge in [-0.25, -0.2) is 0 Å². The molecule has 0 bridgehead atoms. The highest BCUT2D eigenvalue weighted by atomic mass is 19.4. The summed E-state index contributed by atoms with van der Waals surface area (Å²) in [5, 5.41) is 10.2. The quantitative estimate of drug-likeness (QED) is 0.603. The first-order valence-corrected chi connectivity index (χ1v) is 10.7. The molecule has 3 aromatic rings. The standard InChI is InChI=1S/C22H21F3N6O3/c1-12-20-16(29-28-12)7-14(8-26-20)27-15-4-2-3-13-9-31(21(33)19(13)15)11-18(32)30-5-6-34-17(10-30)22(23,24)25/h2-4,7-8,17,27H,5-6,9-11H2,1H3,(H,28,29)/t17-/m1/s1. The molecule has 2 amide bonds. The number of rotatable bonds is 4. The fourth-order valence-electron chi connectivity index (χ4n) is 4.25. The third kappa shape index (κ3) is 4.04. The maximum atomic E-state index is 13.1. The summed E-state index contributed by atoms with van der Waals surface area (Å²) >= 11 is 0. The summed E-state index contributed by atoms with van der Waals surface area (Å²) in [7, 11) is 0. The molecule has 0 unspecified atom stereocenters. The number of aryl methyl sites for hydroxylation is 1. The molecule has 1 saturated heterocycles. The highest BCUT2D eigenvalue weighted by Crippen LogP contribution is 2.32. The number of aromatic amines is 1. The highest BCUT2D eigenvalue weighted by molar-refractivity contribution is 6.05. The molecule has 12 heteroatoms. The molecule has 2 aliphatic rings. The van der Waals surface area contributed by atoms with E-state index >= 15 is 0 Å². The minimum atomic E-state index is -4.55.